The number of benzene rings is 1. The molecule has 0 bridgehead atoms. The van der Waals surface area contributed by atoms with Gasteiger partial charge in [0.15, 0.2) is 11.6 Å². The minimum atomic E-state index is -4.35. The molecule has 0 radical (unpaired) electrons. The fraction of sp³-hybridized carbons (Fsp3) is 0.273. The van der Waals surface area contributed by atoms with Crippen molar-refractivity contribution in [3.63, 3.8) is 0 Å². The summed E-state index contributed by atoms with van der Waals surface area (Å²) >= 11 is 0. The van der Waals surface area contributed by atoms with Crippen molar-refractivity contribution in [2.24, 2.45) is 7.05 Å². The minimum Gasteiger partial charge on any atom is -0.388 e. The molecule has 0 saturated heterocycles. The molecule has 0 spiro atoms. The second-order valence-corrected chi connectivity index (χ2v) is 3.73. The van der Waals surface area contributed by atoms with Gasteiger partial charge in [0.1, 0.15) is 6.61 Å². The Bertz CT molecular complexity index is 546. The van der Waals surface area contributed by atoms with Crippen LogP contribution in [-0.4, -0.2) is 19.9 Å². The number of alkyl halides is 3. The quantitative estimate of drug-likeness (QED) is 0.895. The molecule has 0 aliphatic carbocycles. The molecule has 1 N–H and O–H groups in total. The predicted molar refractivity (Wildman–Crippen MR) is 57.4 cm³/mol. The molecule has 1 aromatic heterocycles. The van der Waals surface area contributed by atoms with Crippen molar-refractivity contribution in [1.29, 1.82) is 0 Å². The lowest BCUT2D eigenvalue weighted by atomic mass is 10.1. The number of hydrogen-bond acceptors (Lipinski definition) is 3. The van der Waals surface area contributed by atoms with Crippen LogP contribution in [0.15, 0.2) is 24.3 Å². The van der Waals surface area contributed by atoms with Crippen molar-refractivity contribution in [3.8, 4) is 11.4 Å². The third-order valence-electron chi connectivity index (χ3n) is 2.58. The summed E-state index contributed by atoms with van der Waals surface area (Å²) in [5.41, 5.74) is -0.200. The van der Waals surface area contributed by atoms with Crippen molar-refractivity contribution in [3.05, 3.63) is 35.7 Å². The van der Waals surface area contributed by atoms with E-state index in [4.69, 9.17) is 5.11 Å². The van der Waals surface area contributed by atoms with E-state index >= 15 is 0 Å². The van der Waals surface area contributed by atoms with Crippen LogP contribution in [0.3, 0.4) is 0 Å². The standard InChI is InChI=1S/C11H10F3N3O/c1-17-9(6-18)15-16-10(17)7-2-4-8(5-3-7)11(12,13)14/h2-5,18H,6H2,1H3. The largest absolute Gasteiger partial charge is 0.416 e. The Labute approximate surface area is 101 Å². The zero-order valence-electron chi connectivity index (χ0n) is 9.44. The highest BCUT2D eigenvalue weighted by Gasteiger charge is 2.30. The first-order valence-electron chi connectivity index (χ1n) is 5.10. The van der Waals surface area contributed by atoms with Crippen LogP contribution in [0.25, 0.3) is 11.4 Å². The van der Waals surface area contributed by atoms with Crippen LogP contribution >= 0.6 is 0 Å². The van der Waals surface area contributed by atoms with Gasteiger partial charge in [-0.1, -0.05) is 12.1 Å². The van der Waals surface area contributed by atoms with E-state index in [2.05, 4.69) is 10.2 Å². The molecule has 18 heavy (non-hydrogen) atoms. The van der Waals surface area contributed by atoms with Crippen LogP contribution in [0, 0.1) is 0 Å². The maximum atomic E-state index is 12.4. The van der Waals surface area contributed by atoms with E-state index < -0.39 is 11.7 Å². The van der Waals surface area contributed by atoms with E-state index in [1.165, 1.54) is 16.7 Å². The van der Waals surface area contributed by atoms with E-state index in [1.807, 2.05) is 0 Å². The fourth-order valence-corrected chi connectivity index (χ4v) is 1.56. The Morgan fingerprint density at radius 1 is 1.17 bits per heavy atom. The van der Waals surface area contributed by atoms with Crippen LogP contribution in [0.1, 0.15) is 11.4 Å². The second-order valence-electron chi connectivity index (χ2n) is 3.73. The van der Waals surface area contributed by atoms with Gasteiger partial charge in [-0.2, -0.15) is 13.2 Å². The molecule has 1 aromatic carbocycles. The van der Waals surface area contributed by atoms with Crippen LogP contribution in [0.2, 0.25) is 0 Å². The van der Waals surface area contributed by atoms with Crippen molar-refractivity contribution < 1.29 is 18.3 Å². The molecule has 1 heterocycles. The molecule has 0 fully saturated rings. The topological polar surface area (TPSA) is 50.9 Å². The smallest absolute Gasteiger partial charge is 0.388 e. The summed E-state index contributed by atoms with van der Waals surface area (Å²) in [7, 11) is 1.64. The summed E-state index contributed by atoms with van der Waals surface area (Å²) in [6.45, 7) is -0.274. The summed E-state index contributed by atoms with van der Waals surface area (Å²) in [5, 5.41) is 16.5. The van der Waals surface area contributed by atoms with E-state index in [9.17, 15) is 13.2 Å². The molecule has 7 heteroatoms. The van der Waals surface area contributed by atoms with Gasteiger partial charge >= 0.3 is 6.18 Å². The second kappa shape index (κ2) is 4.41. The number of aliphatic hydroxyl groups excluding tert-OH is 1. The highest BCUT2D eigenvalue weighted by atomic mass is 19.4. The maximum Gasteiger partial charge on any atom is 0.416 e. The molecular weight excluding hydrogens is 247 g/mol. The van der Waals surface area contributed by atoms with Gasteiger partial charge in [0.05, 0.1) is 5.56 Å². The van der Waals surface area contributed by atoms with Crippen molar-refractivity contribution in [1.82, 2.24) is 14.8 Å². The summed E-state index contributed by atoms with van der Waals surface area (Å²) < 4.78 is 38.7. The third-order valence-corrected chi connectivity index (χ3v) is 2.58. The number of aromatic nitrogens is 3. The Morgan fingerprint density at radius 3 is 2.22 bits per heavy atom. The van der Waals surface area contributed by atoms with Gasteiger partial charge in [-0.15, -0.1) is 10.2 Å². The van der Waals surface area contributed by atoms with E-state index in [0.717, 1.165) is 12.1 Å². The van der Waals surface area contributed by atoms with Crippen LogP contribution in [0.4, 0.5) is 13.2 Å². The third kappa shape index (κ3) is 2.21. The first-order chi connectivity index (χ1) is 8.43. The first-order valence-corrected chi connectivity index (χ1v) is 5.10. The Morgan fingerprint density at radius 2 is 1.78 bits per heavy atom. The van der Waals surface area contributed by atoms with E-state index in [1.54, 1.807) is 7.05 Å². The van der Waals surface area contributed by atoms with Gasteiger partial charge in [0.25, 0.3) is 0 Å². The van der Waals surface area contributed by atoms with E-state index in [0.29, 0.717) is 17.2 Å². The first kappa shape index (κ1) is 12.6. The summed E-state index contributed by atoms with van der Waals surface area (Å²) in [6.07, 6.45) is -4.35. The number of nitrogens with zero attached hydrogens (tertiary/aromatic N) is 3. The highest BCUT2D eigenvalue weighted by Crippen LogP contribution is 2.30. The molecule has 2 rings (SSSR count). The molecule has 4 nitrogen and oxygen atoms in total. The van der Waals surface area contributed by atoms with Crippen molar-refractivity contribution in [2.75, 3.05) is 0 Å². The molecule has 0 aliphatic heterocycles. The molecular formula is C11H10F3N3O. The van der Waals surface area contributed by atoms with Crippen LogP contribution in [0.5, 0.6) is 0 Å². The minimum absolute atomic E-state index is 0.274. The predicted octanol–water partition coefficient (Wildman–Crippen LogP) is 1.99. The molecule has 0 saturated carbocycles. The molecule has 0 amide bonds. The van der Waals surface area contributed by atoms with E-state index in [-0.39, 0.29) is 6.61 Å². The van der Waals surface area contributed by atoms with Gasteiger partial charge in [0.2, 0.25) is 0 Å². The normalized spacial score (nSPS) is 11.8. The molecule has 0 unspecified atom stereocenters. The number of hydrogen-bond donors (Lipinski definition) is 1. The number of rotatable bonds is 2. The zero-order chi connectivity index (χ0) is 13.3. The molecule has 2 aromatic rings. The van der Waals surface area contributed by atoms with Crippen LogP contribution < -0.4 is 0 Å². The average Bonchev–Trinajstić information content (AvgIpc) is 2.69. The molecule has 0 aliphatic rings. The van der Waals surface area contributed by atoms with Crippen LogP contribution in [-0.2, 0) is 19.8 Å². The molecule has 96 valence electrons. The average molecular weight is 257 g/mol. The summed E-state index contributed by atoms with van der Waals surface area (Å²) in [5.74, 6) is 0.762. The molecule has 0 atom stereocenters. The maximum absolute atomic E-state index is 12.4. The number of halogens is 3. The Kier molecular flexibility index (Phi) is 3.08. The Hall–Kier alpha value is -1.89. The summed E-state index contributed by atoms with van der Waals surface area (Å²) in [4.78, 5) is 0. The van der Waals surface area contributed by atoms with Gasteiger partial charge in [-0.25, -0.2) is 0 Å². The Balaban J connectivity index is 2.37. The SMILES string of the molecule is Cn1c(CO)nnc1-c1ccc(C(F)(F)F)cc1. The fourth-order valence-electron chi connectivity index (χ4n) is 1.56. The lowest BCUT2D eigenvalue weighted by Gasteiger charge is -2.07. The zero-order valence-corrected chi connectivity index (χ0v) is 9.44. The van der Waals surface area contributed by atoms with Crippen molar-refractivity contribution in [2.45, 2.75) is 12.8 Å². The van der Waals surface area contributed by atoms with Crippen molar-refractivity contribution >= 4 is 0 Å². The number of aliphatic hydroxyl groups is 1. The lowest BCUT2D eigenvalue weighted by molar-refractivity contribution is -0.137. The van der Waals surface area contributed by atoms with Gasteiger partial charge in [-0.3, -0.25) is 0 Å². The monoisotopic (exact) mass is 257 g/mol. The van der Waals surface area contributed by atoms with Gasteiger partial charge < -0.3 is 9.67 Å². The van der Waals surface area contributed by atoms with Gasteiger partial charge in [-0.05, 0) is 12.1 Å². The van der Waals surface area contributed by atoms with Gasteiger partial charge in [0, 0.05) is 12.6 Å². The lowest BCUT2D eigenvalue weighted by Crippen LogP contribution is -2.04. The highest BCUT2D eigenvalue weighted by molar-refractivity contribution is 5.55. The summed E-state index contributed by atoms with van der Waals surface area (Å²) in [6, 6.07) is 4.63.